The van der Waals surface area contributed by atoms with Crippen molar-refractivity contribution >= 4 is 17.0 Å². The van der Waals surface area contributed by atoms with Gasteiger partial charge in [-0.05, 0) is 18.4 Å². The van der Waals surface area contributed by atoms with Crippen LogP contribution in [0.1, 0.15) is 11.8 Å². The largest absolute Gasteiger partial charge is 0.494 e. The Balaban J connectivity index is 2.04. The number of anilines is 1. The number of benzene rings is 1. The summed E-state index contributed by atoms with van der Waals surface area (Å²) in [6.07, 6.45) is 0. The van der Waals surface area contributed by atoms with Crippen molar-refractivity contribution in [2.24, 2.45) is 0 Å². The Bertz CT molecular complexity index is 468. The van der Waals surface area contributed by atoms with E-state index in [1.54, 1.807) is 23.5 Å². The van der Waals surface area contributed by atoms with E-state index in [1.807, 2.05) is 30.5 Å². The Hall–Kier alpha value is -1.68. The van der Waals surface area contributed by atoms with Crippen LogP contribution in [0.25, 0.3) is 0 Å². The van der Waals surface area contributed by atoms with E-state index in [9.17, 15) is 0 Å². The van der Waals surface area contributed by atoms with Crippen molar-refractivity contribution in [3.8, 4) is 11.5 Å². The zero-order valence-electron chi connectivity index (χ0n) is 9.68. The summed E-state index contributed by atoms with van der Waals surface area (Å²) < 4.78 is 11.1. The highest BCUT2D eigenvalue weighted by molar-refractivity contribution is 7.09. The molecule has 0 bridgehead atoms. The molecule has 2 N–H and O–H groups in total. The molecule has 0 spiro atoms. The fourth-order valence-electron chi connectivity index (χ4n) is 1.48. The van der Waals surface area contributed by atoms with Crippen molar-refractivity contribution in [2.45, 2.75) is 13.5 Å². The molecule has 0 radical (unpaired) electrons. The number of nitrogen functional groups attached to an aromatic ring is 1. The lowest BCUT2D eigenvalue weighted by Gasteiger charge is -2.09. The molecule has 0 amide bonds. The Morgan fingerprint density at radius 1 is 1.18 bits per heavy atom. The highest BCUT2D eigenvalue weighted by Crippen LogP contribution is 2.25. The van der Waals surface area contributed by atoms with Crippen LogP contribution in [-0.2, 0) is 6.61 Å². The predicted molar refractivity (Wildman–Crippen MR) is 70.7 cm³/mol. The van der Waals surface area contributed by atoms with Gasteiger partial charge in [-0.3, -0.25) is 0 Å². The van der Waals surface area contributed by atoms with Crippen LogP contribution in [0, 0.1) is 0 Å². The number of nitrogens with two attached hydrogens (primary N) is 1. The maximum Gasteiger partial charge on any atom is 0.125 e. The smallest absolute Gasteiger partial charge is 0.125 e. The minimum absolute atomic E-state index is 0.562. The van der Waals surface area contributed by atoms with Crippen LogP contribution in [0.4, 0.5) is 5.69 Å². The van der Waals surface area contributed by atoms with Gasteiger partial charge in [-0.15, -0.1) is 11.3 Å². The lowest BCUT2D eigenvalue weighted by molar-refractivity contribution is 0.303. The third kappa shape index (κ3) is 3.39. The normalized spacial score (nSPS) is 10.2. The van der Waals surface area contributed by atoms with Gasteiger partial charge in [-0.1, -0.05) is 6.07 Å². The van der Waals surface area contributed by atoms with Gasteiger partial charge in [0.2, 0.25) is 0 Å². The Morgan fingerprint density at radius 3 is 2.59 bits per heavy atom. The van der Waals surface area contributed by atoms with Crippen molar-refractivity contribution in [2.75, 3.05) is 12.3 Å². The van der Waals surface area contributed by atoms with Gasteiger partial charge in [0.1, 0.15) is 18.1 Å². The SMILES string of the molecule is CCOc1cc(N)cc(OCc2cccs2)c1. The first-order valence-corrected chi connectivity index (χ1v) is 6.34. The van der Waals surface area contributed by atoms with Crippen LogP contribution < -0.4 is 15.2 Å². The first-order valence-electron chi connectivity index (χ1n) is 5.46. The number of thiophene rings is 1. The summed E-state index contributed by atoms with van der Waals surface area (Å²) in [6, 6.07) is 9.50. The van der Waals surface area contributed by atoms with Gasteiger partial charge in [0.15, 0.2) is 0 Å². The molecule has 3 nitrogen and oxygen atoms in total. The van der Waals surface area contributed by atoms with Crippen LogP contribution in [0.15, 0.2) is 35.7 Å². The molecule has 2 rings (SSSR count). The van der Waals surface area contributed by atoms with Gasteiger partial charge in [-0.25, -0.2) is 0 Å². The average Bonchev–Trinajstić information content (AvgIpc) is 2.79. The topological polar surface area (TPSA) is 44.5 Å². The van der Waals surface area contributed by atoms with Gasteiger partial charge in [-0.2, -0.15) is 0 Å². The van der Waals surface area contributed by atoms with Crippen molar-refractivity contribution in [3.63, 3.8) is 0 Å². The molecular weight excluding hydrogens is 234 g/mol. The summed E-state index contributed by atoms with van der Waals surface area (Å²) in [5, 5.41) is 2.03. The second kappa shape index (κ2) is 5.59. The van der Waals surface area contributed by atoms with Crippen LogP contribution in [-0.4, -0.2) is 6.61 Å². The highest BCUT2D eigenvalue weighted by Gasteiger charge is 2.02. The minimum atomic E-state index is 0.562. The lowest BCUT2D eigenvalue weighted by atomic mass is 10.3. The van der Waals surface area contributed by atoms with Crippen molar-refractivity contribution in [1.82, 2.24) is 0 Å². The average molecular weight is 249 g/mol. The van der Waals surface area contributed by atoms with Gasteiger partial charge >= 0.3 is 0 Å². The zero-order chi connectivity index (χ0) is 12.1. The predicted octanol–water partition coefficient (Wildman–Crippen LogP) is 3.31. The third-order valence-corrected chi connectivity index (χ3v) is 3.02. The van der Waals surface area contributed by atoms with Gasteiger partial charge in [0.25, 0.3) is 0 Å². The standard InChI is InChI=1S/C13H15NO2S/c1-2-15-11-6-10(14)7-12(8-11)16-9-13-4-3-5-17-13/h3-8H,2,9,14H2,1H3. The Kier molecular flexibility index (Phi) is 3.88. The van der Waals surface area contributed by atoms with Crippen LogP contribution in [0.5, 0.6) is 11.5 Å². The van der Waals surface area contributed by atoms with E-state index in [-0.39, 0.29) is 0 Å². The zero-order valence-corrected chi connectivity index (χ0v) is 10.5. The van der Waals surface area contributed by atoms with Crippen molar-refractivity contribution in [3.05, 3.63) is 40.6 Å². The van der Waals surface area contributed by atoms with Gasteiger partial charge < -0.3 is 15.2 Å². The molecule has 2 aromatic rings. The van der Waals surface area contributed by atoms with Crippen molar-refractivity contribution < 1.29 is 9.47 Å². The number of rotatable bonds is 5. The molecule has 0 fully saturated rings. The lowest BCUT2D eigenvalue weighted by Crippen LogP contribution is -1.97. The summed E-state index contributed by atoms with van der Waals surface area (Å²) in [4.78, 5) is 1.19. The Morgan fingerprint density at radius 2 is 1.94 bits per heavy atom. The van der Waals surface area contributed by atoms with Gasteiger partial charge in [0.05, 0.1) is 6.61 Å². The molecule has 0 aliphatic heterocycles. The van der Waals surface area contributed by atoms with E-state index in [0.717, 1.165) is 11.5 Å². The van der Waals surface area contributed by atoms with E-state index in [1.165, 1.54) is 4.88 Å². The van der Waals surface area contributed by atoms with Crippen molar-refractivity contribution in [1.29, 1.82) is 0 Å². The molecule has 0 atom stereocenters. The van der Waals surface area contributed by atoms with E-state index >= 15 is 0 Å². The summed E-state index contributed by atoms with van der Waals surface area (Å²) in [7, 11) is 0. The molecule has 1 aromatic heterocycles. The maximum atomic E-state index is 5.78. The monoisotopic (exact) mass is 249 g/mol. The molecule has 0 aliphatic carbocycles. The second-order valence-electron chi connectivity index (χ2n) is 3.54. The fourth-order valence-corrected chi connectivity index (χ4v) is 2.09. The maximum absolute atomic E-state index is 5.78. The molecule has 1 heterocycles. The molecule has 17 heavy (non-hydrogen) atoms. The van der Waals surface area contributed by atoms with Crippen LogP contribution >= 0.6 is 11.3 Å². The third-order valence-electron chi connectivity index (χ3n) is 2.17. The second-order valence-corrected chi connectivity index (χ2v) is 4.57. The first kappa shape index (κ1) is 11.8. The number of hydrogen-bond donors (Lipinski definition) is 1. The molecule has 90 valence electrons. The molecule has 0 aliphatic rings. The Labute approximate surface area is 105 Å². The van der Waals surface area contributed by atoms with E-state index in [2.05, 4.69) is 0 Å². The van der Waals surface area contributed by atoms with E-state index in [0.29, 0.717) is 18.9 Å². The first-order chi connectivity index (χ1) is 8.28. The van der Waals surface area contributed by atoms with E-state index < -0.39 is 0 Å². The number of ether oxygens (including phenoxy) is 2. The molecule has 0 unspecified atom stereocenters. The summed E-state index contributed by atoms with van der Waals surface area (Å²) >= 11 is 1.67. The summed E-state index contributed by atoms with van der Waals surface area (Å²) in [5.41, 5.74) is 6.43. The van der Waals surface area contributed by atoms with Gasteiger partial charge in [0, 0.05) is 28.8 Å². The highest BCUT2D eigenvalue weighted by atomic mass is 32.1. The van der Waals surface area contributed by atoms with E-state index in [4.69, 9.17) is 15.2 Å². The van der Waals surface area contributed by atoms with Crippen LogP contribution in [0.3, 0.4) is 0 Å². The summed E-state index contributed by atoms with van der Waals surface area (Å²) in [5.74, 6) is 1.48. The fraction of sp³-hybridized carbons (Fsp3) is 0.231. The minimum Gasteiger partial charge on any atom is -0.494 e. The van der Waals surface area contributed by atoms with Crippen LogP contribution in [0.2, 0.25) is 0 Å². The molecule has 1 aromatic carbocycles. The summed E-state index contributed by atoms with van der Waals surface area (Å²) in [6.45, 7) is 3.12. The molecule has 0 saturated heterocycles. The molecular formula is C13H15NO2S. The quantitative estimate of drug-likeness (QED) is 0.827. The number of hydrogen-bond acceptors (Lipinski definition) is 4. The molecule has 0 saturated carbocycles. The molecule has 4 heteroatoms.